The van der Waals surface area contributed by atoms with Gasteiger partial charge in [-0.3, -0.25) is 5.41 Å². The Morgan fingerprint density at radius 3 is 2.47 bits per heavy atom. The zero-order valence-electron chi connectivity index (χ0n) is 11.7. The molecular formula is C14H22N4S. The summed E-state index contributed by atoms with van der Waals surface area (Å²) in [6.45, 7) is 4.16. The van der Waals surface area contributed by atoms with Gasteiger partial charge in [-0.25, -0.2) is 0 Å². The number of thioether (sulfide) groups is 1. The Hall–Kier alpha value is -1.10. The molecule has 0 unspecified atom stereocenters. The minimum absolute atomic E-state index is 0.127. The zero-order chi connectivity index (χ0) is 13.8. The first-order chi connectivity index (χ1) is 9.17. The van der Waals surface area contributed by atoms with E-state index in [1.807, 2.05) is 0 Å². The second-order valence-electron chi connectivity index (χ2n) is 4.95. The van der Waals surface area contributed by atoms with E-state index < -0.39 is 0 Å². The molecular weight excluding hydrogens is 256 g/mol. The first kappa shape index (κ1) is 14.3. The van der Waals surface area contributed by atoms with Crippen molar-refractivity contribution in [2.75, 3.05) is 0 Å². The molecule has 0 aromatic carbocycles. The smallest absolute Gasteiger partial charge is 0.130 e. The fourth-order valence-corrected chi connectivity index (χ4v) is 4.00. The molecule has 104 valence electrons. The van der Waals surface area contributed by atoms with Crippen molar-refractivity contribution >= 4 is 17.6 Å². The van der Waals surface area contributed by atoms with Crippen LogP contribution in [0.25, 0.3) is 0 Å². The largest absolute Gasteiger partial charge is 0.384 e. The van der Waals surface area contributed by atoms with Gasteiger partial charge in [0.2, 0.25) is 0 Å². The second kappa shape index (κ2) is 6.37. The van der Waals surface area contributed by atoms with Gasteiger partial charge in [0.05, 0.1) is 11.3 Å². The first-order valence-electron chi connectivity index (χ1n) is 7.06. The van der Waals surface area contributed by atoms with Crippen molar-refractivity contribution in [3.63, 3.8) is 0 Å². The molecule has 0 spiro atoms. The Morgan fingerprint density at radius 1 is 1.26 bits per heavy atom. The van der Waals surface area contributed by atoms with Crippen LogP contribution in [0, 0.1) is 5.41 Å². The molecule has 5 heteroatoms. The molecule has 1 aliphatic carbocycles. The molecule has 19 heavy (non-hydrogen) atoms. The monoisotopic (exact) mass is 278 g/mol. The summed E-state index contributed by atoms with van der Waals surface area (Å²) in [7, 11) is 0. The van der Waals surface area contributed by atoms with E-state index in [9.17, 15) is 0 Å². The minimum Gasteiger partial charge on any atom is -0.384 e. The van der Waals surface area contributed by atoms with E-state index in [4.69, 9.17) is 11.1 Å². The van der Waals surface area contributed by atoms with Crippen molar-refractivity contribution in [1.82, 2.24) is 10.2 Å². The van der Waals surface area contributed by atoms with E-state index >= 15 is 0 Å². The Labute approximate surface area is 119 Å². The molecule has 1 heterocycles. The third-order valence-electron chi connectivity index (χ3n) is 3.66. The van der Waals surface area contributed by atoms with Crippen LogP contribution in [0.1, 0.15) is 56.4 Å². The highest BCUT2D eigenvalue weighted by Crippen LogP contribution is 2.36. The lowest BCUT2D eigenvalue weighted by Gasteiger charge is -2.16. The summed E-state index contributed by atoms with van der Waals surface area (Å²) in [5.41, 5.74) is 8.69. The number of aryl methyl sites for hydroxylation is 1. The van der Waals surface area contributed by atoms with E-state index in [1.165, 1.54) is 25.7 Å². The normalized spacial score (nSPS) is 15.9. The molecule has 0 saturated heterocycles. The third-order valence-corrected chi connectivity index (χ3v) is 4.98. The van der Waals surface area contributed by atoms with Crippen LogP contribution in [0.3, 0.4) is 0 Å². The van der Waals surface area contributed by atoms with Gasteiger partial charge in [-0.2, -0.15) is 5.10 Å². The van der Waals surface area contributed by atoms with Crippen molar-refractivity contribution in [2.24, 2.45) is 5.73 Å². The van der Waals surface area contributed by atoms with E-state index in [1.54, 1.807) is 11.8 Å². The van der Waals surface area contributed by atoms with Crippen molar-refractivity contribution < 1.29 is 0 Å². The lowest BCUT2D eigenvalue weighted by Crippen LogP contribution is -2.19. The van der Waals surface area contributed by atoms with E-state index in [-0.39, 0.29) is 5.84 Å². The molecule has 1 aromatic rings. The molecule has 1 aliphatic rings. The van der Waals surface area contributed by atoms with Gasteiger partial charge >= 0.3 is 0 Å². The number of nitrogens with zero attached hydrogens (tertiary/aromatic N) is 2. The summed E-state index contributed by atoms with van der Waals surface area (Å²) in [4.78, 5) is 0. The molecule has 1 fully saturated rings. The highest BCUT2D eigenvalue weighted by molar-refractivity contribution is 7.99. The lowest BCUT2D eigenvalue weighted by molar-refractivity contribution is 0.812. The second-order valence-corrected chi connectivity index (χ2v) is 6.24. The fraction of sp³-hybridized carbons (Fsp3) is 0.643. The fourth-order valence-electron chi connectivity index (χ4n) is 2.68. The van der Waals surface area contributed by atoms with Crippen molar-refractivity contribution in [1.29, 1.82) is 5.41 Å². The number of rotatable bonds is 5. The number of nitrogens with two attached hydrogens (primary N) is 1. The topological polar surface area (TPSA) is 75.7 Å². The van der Waals surface area contributed by atoms with Crippen LogP contribution in [-0.4, -0.2) is 21.3 Å². The van der Waals surface area contributed by atoms with Crippen LogP contribution in [0.4, 0.5) is 0 Å². The Kier molecular flexibility index (Phi) is 4.80. The summed E-state index contributed by atoms with van der Waals surface area (Å²) >= 11 is 1.76. The maximum Gasteiger partial charge on any atom is 0.130 e. The van der Waals surface area contributed by atoms with Gasteiger partial charge in [-0.1, -0.05) is 26.7 Å². The Balaban J connectivity index is 2.38. The van der Waals surface area contributed by atoms with Crippen LogP contribution in [0.5, 0.6) is 0 Å². The Bertz CT molecular complexity index is 467. The SMILES string of the molecule is CCc1nnc(SC2CCCC2)c(C(=N)N)c1CC. The van der Waals surface area contributed by atoms with E-state index in [2.05, 4.69) is 24.0 Å². The average Bonchev–Trinajstić information content (AvgIpc) is 2.90. The molecule has 2 rings (SSSR count). The summed E-state index contributed by atoms with van der Waals surface area (Å²) in [6.07, 6.45) is 6.76. The van der Waals surface area contributed by atoms with Gasteiger partial charge < -0.3 is 5.73 Å². The predicted octanol–water partition coefficient (Wildman–Crippen LogP) is 2.92. The standard InChI is InChI=1S/C14H22N4S/c1-3-10-11(4-2)17-18-14(12(10)13(15)16)19-9-7-5-6-8-9/h9H,3-8H2,1-2H3,(H3,15,16). The molecule has 4 nitrogen and oxygen atoms in total. The number of hydrogen-bond acceptors (Lipinski definition) is 4. The highest BCUT2D eigenvalue weighted by Gasteiger charge is 2.22. The van der Waals surface area contributed by atoms with Crippen LogP contribution >= 0.6 is 11.8 Å². The first-order valence-corrected chi connectivity index (χ1v) is 7.94. The van der Waals surface area contributed by atoms with Gasteiger partial charge in [0.15, 0.2) is 0 Å². The van der Waals surface area contributed by atoms with Gasteiger partial charge in [0, 0.05) is 5.25 Å². The maximum atomic E-state index is 7.86. The van der Waals surface area contributed by atoms with Crippen LogP contribution in [-0.2, 0) is 12.8 Å². The molecule has 1 aromatic heterocycles. The summed E-state index contributed by atoms with van der Waals surface area (Å²) in [5, 5.41) is 18.0. The van der Waals surface area contributed by atoms with Crippen molar-refractivity contribution in [2.45, 2.75) is 62.6 Å². The van der Waals surface area contributed by atoms with Gasteiger partial charge in [0.1, 0.15) is 10.9 Å². The molecule has 3 N–H and O–H groups in total. The van der Waals surface area contributed by atoms with E-state index in [0.29, 0.717) is 5.25 Å². The molecule has 0 aliphatic heterocycles. The number of aromatic nitrogens is 2. The van der Waals surface area contributed by atoms with Crippen molar-refractivity contribution in [3.05, 3.63) is 16.8 Å². The summed E-state index contributed by atoms with van der Waals surface area (Å²) in [5.74, 6) is 0.127. The van der Waals surface area contributed by atoms with Crippen LogP contribution in [0.15, 0.2) is 5.03 Å². The molecule has 0 radical (unpaired) electrons. The quantitative estimate of drug-likeness (QED) is 0.641. The summed E-state index contributed by atoms with van der Waals surface area (Å²) < 4.78 is 0. The zero-order valence-corrected chi connectivity index (χ0v) is 12.5. The summed E-state index contributed by atoms with van der Waals surface area (Å²) in [6, 6.07) is 0. The van der Waals surface area contributed by atoms with Gasteiger partial charge in [-0.05, 0) is 31.2 Å². The Morgan fingerprint density at radius 2 is 1.95 bits per heavy atom. The van der Waals surface area contributed by atoms with Crippen LogP contribution < -0.4 is 5.73 Å². The third kappa shape index (κ3) is 3.08. The van der Waals surface area contributed by atoms with Gasteiger partial charge in [-0.15, -0.1) is 16.9 Å². The van der Waals surface area contributed by atoms with Crippen LogP contribution in [0.2, 0.25) is 0 Å². The number of nitrogens with one attached hydrogen (secondary N) is 1. The number of hydrogen-bond donors (Lipinski definition) is 2. The lowest BCUT2D eigenvalue weighted by atomic mass is 10.0. The van der Waals surface area contributed by atoms with Crippen molar-refractivity contribution in [3.8, 4) is 0 Å². The average molecular weight is 278 g/mol. The predicted molar refractivity (Wildman–Crippen MR) is 79.9 cm³/mol. The molecule has 0 amide bonds. The van der Waals surface area contributed by atoms with Gasteiger partial charge in [0.25, 0.3) is 0 Å². The number of nitrogen functional groups attached to an aromatic ring is 1. The molecule has 0 bridgehead atoms. The molecule has 1 saturated carbocycles. The van der Waals surface area contributed by atoms with E-state index in [0.717, 1.165) is 34.7 Å². The molecule has 0 atom stereocenters. The highest BCUT2D eigenvalue weighted by atomic mass is 32.2. The minimum atomic E-state index is 0.127. The maximum absolute atomic E-state index is 7.86. The number of amidine groups is 1.